The molecule has 2 aromatic rings. The van der Waals surface area contributed by atoms with E-state index in [1.165, 1.54) is 0 Å². The largest absolute Gasteiger partial charge is 0.497 e. The van der Waals surface area contributed by atoms with Crippen molar-refractivity contribution in [2.45, 2.75) is 26.4 Å². The van der Waals surface area contributed by atoms with Gasteiger partial charge in [-0.3, -0.25) is 9.59 Å². The Morgan fingerprint density at radius 1 is 1.44 bits per heavy atom. The molecule has 1 aromatic carbocycles. The molecule has 0 aliphatic carbocycles. The van der Waals surface area contributed by atoms with Gasteiger partial charge in [0.25, 0.3) is 0 Å². The fourth-order valence-electron chi connectivity index (χ4n) is 2.90. The molecule has 1 N–H and O–H groups in total. The number of methoxy groups -OCH3 is 1. The van der Waals surface area contributed by atoms with Crippen molar-refractivity contribution in [1.82, 2.24) is 20.1 Å². The summed E-state index contributed by atoms with van der Waals surface area (Å²) in [5.74, 6) is 0.785. The van der Waals surface area contributed by atoms with Crippen LogP contribution in [0.5, 0.6) is 5.75 Å². The number of hydrogen-bond acceptors (Lipinski definition) is 5. The number of amides is 2. The number of rotatable bonds is 6. The van der Waals surface area contributed by atoms with Crippen LogP contribution in [0, 0.1) is 5.92 Å². The van der Waals surface area contributed by atoms with Crippen molar-refractivity contribution in [1.29, 1.82) is 0 Å². The Balaban J connectivity index is 1.62. The molecular formula is C17H21N5O3. The maximum atomic E-state index is 12.4. The van der Waals surface area contributed by atoms with Crippen LogP contribution < -0.4 is 15.0 Å². The van der Waals surface area contributed by atoms with E-state index >= 15 is 0 Å². The van der Waals surface area contributed by atoms with Gasteiger partial charge in [0.1, 0.15) is 12.1 Å². The molecule has 0 bridgehead atoms. The first-order valence-corrected chi connectivity index (χ1v) is 8.21. The van der Waals surface area contributed by atoms with Crippen molar-refractivity contribution in [3.05, 3.63) is 36.4 Å². The number of aryl methyl sites for hydroxylation is 1. The van der Waals surface area contributed by atoms with Crippen molar-refractivity contribution < 1.29 is 14.3 Å². The lowest BCUT2D eigenvalue weighted by Crippen LogP contribution is -2.33. The maximum absolute atomic E-state index is 12.4. The van der Waals surface area contributed by atoms with E-state index in [0.717, 1.165) is 12.2 Å². The first kappa shape index (κ1) is 16.9. The zero-order chi connectivity index (χ0) is 17.8. The third kappa shape index (κ3) is 3.62. The summed E-state index contributed by atoms with van der Waals surface area (Å²) < 4.78 is 7.06. The normalized spacial score (nSPS) is 17.0. The van der Waals surface area contributed by atoms with E-state index in [1.807, 2.05) is 29.7 Å². The van der Waals surface area contributed by atoms with Crippen LogP contribution in [-0.4, -0.2) is 40.2 Å². The van der Waals surface area contributed by atoms with Gasteiger partial charge in [-0.15, -0.1) is 10.2 Å². The molecule has 0 spiro atoms. The summed E-state index contributed by atoms with van der Waals surface area (Å²) in [4.78, 5) is 26.3. The van der Waals surface area contributed by atoms with Crippen LogP contribution in [-0.2, 0) is 22.7 Å². The summed E-state index contributed by atoms with van der Waals surface area (Å²) >= 11 is 0. The lowest BCUT2D eigenvalue weighted by atomic mass is 10.1. The number of nitrogens with zero attached hydrogens (tertiary/aromatic N) is 4. The molecule has 2 amide bonds. The second-order valence-electron chi connectivity index (χ2n) is 5.86. The van der Waals surface area contributed by atoms with Crippen LogP contribution >= 0.6 is 0 Å². The standard InChI is InChI=1S/C17H21N5O3/c1-3-21-11-19-20-15(21)9-18-17(24)12-7-16(23)22(10-12)13-5-4-6-14(8-13)25-2/h4-6,8,11-12H,3,7,9-10H2,1-2H3,(H,18,24)/t12-/m1/s1. The highest BCUT2D eigenvalue weighted by Gasteiger charge is 2.35. The molecule has 1 aliphatic rings. The minimum atomic E-state index is -0.378. The molecule has 25 heavy (non-hydrogen) atoms. The SMILES string of the molecule is CCn1cnnc1CNC(=O)[C@@H]1CC(=O)N(c2cccc(OC)c2)C1. The van der Waals surface area contributed by atoms with Gasteiger partial charge in [0.15, 0.2) is 5.82 Å². The Hall–Kier alpha value is -2.90. The minimum absolute atomic E-state index is 0.0647. The lowest BCUT2D eigenvalue weighted by Gasteiger charge is -2.17. The van der Waals surface area contributed by atoms with E-state index < -0.39 is 0 Å². The first-order valence-electron chi connectivity index (χ1n) is 8.21. The number of nitrogens with one attached hydrogen (secondary N) is 1. The molecule has 1 fully saturated rings. The number of aromatic nitrogens is 3. The van der Waals surface area contributed by atoms with Crippen LogP contribution in [0.25, 0.3) is 0 Å². The average molecular weight is 343 g/mol. The van der Waals surface area contributed by atoms with E-state index in [0.29, 0.717) is 24.7 Å². The molecule has 1 aromatic heterocycles. The third-order valence-electron chi connectivity index (χ3n) is 4.32. The highest BCUT2D eigenvalue weighted by Crippen LogP contribution is 2.27. The summed E-state index contributed by atoms with van der Waals surface area (Å²) in [5.41, 5.74) is 0.741. The highest BCUT2D eigenvalue weighted by atomic mass is 16.5. The highest BCUT2D eigenvalue weighted by molar-refractivity contribution is 6.00. The number of anilines is 1. The monoisotopic (exact) mass is 343 g/mol. The van der Waals surface area contributed by atoms with Crippen molar-refractivity contribution in [2.24, 2.45) is 5.92 Å². The second kappa shape index (κ2) is 7.33. The summed E-state index contributed by atoms with van der Waals surface area (Å²) in [6, 6.07) is 7.27. The molecule has 0 saturated carbocycles. The van der Waals surface area contributed by atoms with Gasteiger partial charge in [-0.2, -0.15) is 0 Å². The van der Waals surface area contributed by atoms with Gasteiger partial charge in [-0.1, -0.05) is 6.07 Å². The number of benzene rings is 1. The van der Waals surface area contributed by atoms with Gasteiger partial charge in [0.05, 0.1) is 19.6 Å². The number of ether oxygens (including phenoxy) is 1. The fraction of sp³-hybridized carbons (Fsp3) is 0.412. The summed E-state index contributed by atoms with van der Waals surface area (Å²) in [6.07, 6.45) is 1.83. The Morgan fingerprint density at radius 2 is 2.28 bits per heavy atom. The first-order chi connectivity index (χ1) is 12.1. The Kier molecular flexibility index (Phi) is 4.97. The van der Waals surface area contributed by atoms with Crippen molar-refractivity contribution in [2.75, 3.05) is 18.6 Å². The molecule has 3 rings (SSSR count). The van der Waals surface area contributed by atoms with E-state index in [9.17, 15) is 9.59 Å². The van der Waals surface area contributed by atoms with Gasteiger partial charge in [0, 0.05) is 31.3 Å². The molecule has 2 heterocycles. The van der Waals surface area contributed by atoms with E-state index in [4.69, 9.17) is 4.74 Å². The van der Waals surface area contributed by atoms with Gasteiger partial charge in [0.2, 0.25) is 11.8 Å². The van der Waals surface area contributed by atoms with Gasteiger partial charge < -0.3 is 19.5 Å². The molecule has 132 valence electrons. The van der Waals surface area contributed by atoms with Gasteiger partial charge in [-0.25, -0.2) is 0 Å². The topological polar surface area (TPSA) is 89.3 Å². The van der Waals surface area contributed by atoms with Gasteiger partial charge in [-0.05, 0) is 19.1 Å². The van der Waals surface area contributed by atoms with Crippen LogP contribution in [0.3, 0.4) is 0 Å². The predicted octanol–water partition coefficient (Wildman–Crippen LogP) is 0.976. The zero-order valence-corrected chi connectivity index (χ0v) is 14.3. The van der Waals surface area contributed by atoms with E-state index in [1.54, 1.807) is 24.4 Å². The number of carbonyl (C=O) groups is 2. The smallest absolute Gasteiger partial charge is 0.227 e. The van der Waals surface area contributed by atoms with Crippen molar-refractivity contribution >= 4 is 17.5 Å². The molecule has 1 aliphatic heterocycles. The summed E-state index contributed by atoms with van der Waals surface area (Å²) in [6.45, 7) is 3.38. The van der Waals surface area contributed by atoms with Crippen molar-refractivity contribution in [3.63, 3.8) is 0 Å². The second-order valence-corrected chi connectivity index (χ2v) is 5.86. The van der Waals surface area contributed by atoms with Crippen LogP contribution in [0.1, 0.15) is 19.2 Å². The molecule has 1 saturated heterocycles. The van der Waals surface area contributed by atoms with Crippen molar-refractivity contribution in [3.8, 4) is 5.75 Å². The summed E-state index contributed by atoms with van der Waals surface area (Å²) in [7, 11) is 1.58. The molecule has 8 nitrogen and oxygen atoms in total. The molecule has 8 heteroatoms. The predicted molar refractivity (Wildman–Crippen MR) is 91.0 cm³/mol. The number of hydrogen-bond donors (Lipinski definition) is 1. The van der Waals surface area contributed by atoms with Crippen LogP contribution in [0.4, 0.5) is 5.69 Å². The Bertz CT molecular complexity index is 773. The van der Waals surface area contributed by atoms with Gasteiger partial charge >= 0.3 is 0 Å². The summed E-state index contributed by atoms with van der Waals surface area (Å²) in [5, 5.41) is 10.7. The maximum Gasteiger partial charge on any atom is 0.227 e. The van der Waals surface area contributed by atoms with E-state index in [2.05, 4.69) is 15.5 Å². The van der Waals surface area contributed by atoms with Crippen LogP contribution in [0.2, 0.25) is 0 Å². The lowest BCUT2D eigenvalue weighted by molar-refractivity contribution is -0.126. The Morgan fingerprint density at radius 3 is 3.04 bits per heavy atom. The Labute approximate surface area is 145 Å². The number of carbonyl (C=O) groups excluding carboxylic acids is 2. The third-order valence-corrected chi connectivity index (χ3v) is 4.32. The average Bonchev–Trinajstić information content (AvgIpc) is 3.25. The quantitative estimate of drug-likeness (QED) is 0.844. The zero-order valence-electron chi connectivity index (χ0n) is 14.3. The fourth-order valence-corrected chi connectivity index (χ4v) is 2.90. The molecule has 0 unspecified atom stereocenters. The van der Waals surface area contributed by atoms with E-state index in [-0.39, 0.29) is 24.2 Å². The van der Waals surface area contributed by atoms with Crippen LogP contribution in [0.15, 0.2) is 30.6 Å². The minimum Gasteiger partial charge on any atom is -0.497 e. The molecular weight excluding hydrogens is 322 g/mol. The molecule has 0 radical (unpaired) electrons. The molecule has 1 atom stereocenters.